The fourth-order valence-electron chi connectivity index (χ4n) is 3.60. The van der Waals surface area contributed by atoms with E-state index in [0.29, 0.717) is 0 Å². The Morgan fingerprint density at radius 3 is 1.14 bits per heavy atom. The van der Waals surface area contributed by atoms with Crippen LogP contribution >= 0.6 is 0 Å². The fourth-order valence-corrected chi connectivity index (χ4v) is 3.60. The van der Waals surface area contributed by atoms with Crippen molar-refractivity contribution in [2.75, 3.05) is 0 Å². The van der Waals surface area contributed by atoms with Gasteiger partial charge in [0.2, 0.25) is 0 Å². The summed E-state index contributed by atoms with van der Waals surface area (Å²) < 4.78 is 9.92. The van der Waals surface area contributed by atoms with E-state index in [0.717, 1.165) is 24.3 Å². The molecule has 0 aliphatic carbocycles. The van der Waals surface area contributed by atoms with E-state index in [4.69, 9.17) is 19.7 Å². The number of carbonyl (C=O) groups excluding carboxylic acids is 2. The third-order valence-electron chi connectivity index (χ3n) is 5.67. The van der Waals surface area contributed by atoms with Crippen LogP contribution in [0.5, 0.6) is 0 Å². The van der Waals surface area contributed by atoms with Gasteiger partial charge in [0.15, 0.2) is 24.7 Å². The zero-order chi connectivity index (χ0) is 26.9. The quantitative estimate of drug-likeness (QED) is 0.169. The molecular weight excluding hydrogens is 492 g/mol. The maximum atomic E-state index is 12.5. The third-order valence-corrected chi connectivity index (χ3v) is 5.67. The Morgan fingerprint density at radius 1 is 0.556 bits per heavy atom. The Labute approximate surface area is 201 Å². The van der Waals surface area contributed by atoms with E-state index in [-0.39, 0.29) is 11.1 Å². The summed E-state index contributed by atoms with van der Waals surface area (Å²) in [5.74, 6) is -5.06. The Hall–Kier alpha value is -3.22. The van der Waals surface area contributed by atoms with Gasteiger partial charge >= 0.3 is 11.9 Å². The molecule has 0 unspecified atom stereocenters. The number of benzene rings is 1. The summed E-state index contributed by atoms with van der Waals surface area (Å²) in [6, 6.07) is 4.60. The van der Waals surface area contributed by atoms with Gasteiger partial charge in [0.25, 0.3) is 11.8 Å². The highest BCUT2D eigenvalue weighted by Crippen LogP contribution is 2.22. The van der Waals surface area contributed by atoms with E-state index in [1.807, 2.05) is 0 Å². The van der Waals surface area contributed by atoms with Gasteiger partial charge in [-0.05, 0) is 24.3 Å². The molecule has 2 amide bonds. The minimum atomic E-state index is -1.94. The van der Waals surface area contributed by atoms with Crippen LogP contribution in [0.25, 0.3) is 0 Å². The lowest BCUT2D eigenvalue weighted by Gasteiger charge is -2.39. The first-order chi connectivity index (χ1) is 16.8. The molecule has 1 aromatic carbocycles. The monoisotopic (exact) mass is 516 g/mol. The molecule has 2 aliphatic rings. The lowest BCUT2D eigenvalue weighted by Crippen LogP contribution is -2.64. The van der Waals surface area contributed by atoms with Crippen molar-refractivity contribution in [3.8, 4) is 0 Å². The Kier molecular flexibility index (Phi) is 8.22. The predicted molar refractivity (Wildman–Crippen MR) is 110 cm³/mol. The van der Waals surface area contributed by atoms with Gasteiger partial charge < -0.3 is 61.0 Å². The average Bonchev–Trinajstić information content (AvgIpc) is 2.84. The molecule has 198 valence electrons. The van der Waals surface area contributed by atoms with Crippen LogP contribution in [0.2, 0.25) is 0 Å². The average molecular weight is 516 g/mol. The molecule has 2 aliphatic heterocycles. The van der Waals surface area contributed by atoms with Gasteiger partial charge in [-0.3, -0.25) is 9.59 Å². The number of rotatable bonds is 6. The van der Waals surface area contributed by atoms with Gasteiger partial charge in [-0.1, -0.05) is 0 Å². The molecular formula is C20H24N2O14. The Morgan fingerprint density at radius 2 is 0.861 bits per heavy atom. The molecule has 16 heteroatoms. The highest BCUT2D eigenvalue weighted by molar-refractivity contribution is 5.98. The van der Waals surface area contributed by atoms with Crippen LogP contribution in [-0.4, -0.2) is 126 Å². The Bertz CT molecular complexity index is 924. The van der Waals surface area contributed by atoms with Crippen LogP contribution in [0.15, 0.2) is 24.3 Å². The molecule has 2 saturated heterocycles. The predicted octanol–water partition coefficient (Wildman–Crippen LogP) is -5.07. The number of carbonyl (C=O) groups is 4. The van der Waals surface area contributed by atoms with Crippen LogP contribution in [0.1, 0.15) is 20.7 Å². The van der Waals surface area contributed by atoms with Gasteiger partial charge in [0.05, 0.1) is 0 Å². The normalized spacial score (nSPS) is 36.5. The van der Waals surface area contributed by atoms with Crippen LogP contribution in [-0.2, 0) is 19.1 Å². The van der Waals surface area contributed by atoms with Crippen molar-refractivity contribution >= 4 is 23.8 Å². The topological polar surface area (TPSA) is 273 Å². The molecule has 1 aromatic rings. The molecule has 10 N–H and O–H groups in total. The van der Waals surface area contributed by atoms with Crippen LogP contribution < -0.4 is 10.6 Å². The smallest absolute Gasteiger partial charge is 0.335 e. The number of aliphatic hydroxyl groups excluding tert-OH is 6. The molecule has 16 nitrogen and oxygen atoms in total. The minimum absolute atomic E-state index is 0.0896. The van der Waals surface area contributed by atoms with Gasteiger partial charge in [0.1, 0.15) is 36.6 Å². The SMILES string of the molecule is O=C(N[C@@H]1O[C@H](C(=O)O)[C@@H](O)[C@H](O)[C@H]1O)c1ccc(C(=O)N[C@@H]2O[C@H](C(=O)O)[C@@H](O)[C@H](O)[C@H]2O)cc1. The number of aliphatic carboxylic acids is 2. The third kappa shape index (κ3) is 5.45. The van der Waals surface area contributed by atoms with Crippen molar-refractivity contribution in [1.82, 2.24) is 10.6 Å². The minimum Gasteiger partial charge on any atom is -0.479 e. The second-order valence-electron chi connectivity index (χ2n) is 8.10. The number of hydrogen-bond acceptors (Lipinski definition) is 12. The maximum absolute atomic E-state index is 12.5. The Balaban J connectivity index is 1.65. The van der Waals surface area contributed by atoms with Gasteiger partial charge in [-0.2, -0.15) is 0 Å². The molecule has 0 bridgehead atoms. The lowest BCUT2D eigenvalue weighted by atomic mass is 9.97. The highest BCUT2D eigenvalue weighted by Gasteiger charge is 2.48. The molecule has 10 atom stereocenters. The molecule has 2 fully saturated rings. The van der Waals surface area contributed by atoms with E-state index in [2.05, 4.69) is 10.6 Å². The summed E-state index contributed by atoms with van der Waals surface area (Å²) in [5, 5.41) is 81.4. The number of carboxylic acid groups (broad SMARTS) is 2. The van der Waals surface area contributed by atoms with Crippen molar-refractivity contribution in [3.05, 3.63) is 35.4 Å². The van der Waals surface area contributed by atoms with E-state index in [9.17, 15) is 49.8 Å². The first-order valence-corrected chi connectivity index (χ1v) is 10.4. The van der Waals surface area contributed by atoms with Crippen LogP contribution in [0.4, 0.5) is 0 Å². The van der Waals surface area contributed by atoms with E-state index in [1.165, 1.54) is 0 Å². The molecule has 0 spiro atoms. The van der Waals surface area contributed by atoms with Crippen molar-refractivity contribution < 1.29 is 69.5 Å². The van der Waals surface area contributed by atoms with E-state index in [1.54, 1.807) is 0 Å². The number of carboxylic acids is 2. The number of aliphatic hydroxyl groups is 6. The highest BCUT2D eigenvalue weighted by atomic mass is 16.6. The standard InChI is InChI=1S/C20H24N2O14/c23-7-9(25)13(19(31)32)35-17(11(7)27)21-15(29)5-1-2-6(4-3-5)16(30)22-18-12(28)8(24)10(26)14(36-18)20(33)34/h1-4,7-14,17-18,23-28H,(H,21,29)(H,22,30)(H,31,32)(H,33,34)/t7-,8-,9-,10-,11+,12+,13-,14-,17+,18+/m0/s1. The van der Waals surface area contributed by atoms with Crippen LogP contribution in [0, 0.1) is 0 Å². The number of amides is 2. The summed E-state index contributed by atoms with van der Waals surface area (Å²) in [4.78, 5) is 47.3. The number of nitrogens with one attached hydrogen (secondary N) is 2. The first kappa shape index (κ1) is 27.4. The molecule has 0 saturated carbocycles. The second-order valence-corrected chi connectivity index (χ2v) is 8.10. The fraction of sp³-hybridized carbons (Fsp3) is 0.500. The summed E-state index contributed by atoms with van der Waals surface area (Å²) in [5.41, 5.74) is -0.179. The van der Waals surface area contributed by atoms with Gasteiger partial charge in [-0.25, -0.2) is 9.59 Å². The molecule has 0 aromatic heterocycles. The molecule has 0 radical (unpaired) electrons. The van der Waals surface area contributed by atoms with Crippen LogP contribution in [0.3, 0.4) is 0 Å². The largest absolute Gasteiger partial charge is 0.479 e. The van der Waals surface area contributed by atoms with Crippen molar-refractivity contribution in [3.63, 3.8) is 0 Å². The first-order valence-electron chi connectivity index (χ1n) is 10.4. The molecule has 2 heterocycles. The molecule has 36 heavy (non-hydrogen) atoms. The second kappa shape index (κ2) is 10.8. The lowest BCUT2D eigenvalue weighted by molar-refractivity contribution is -0.231. The molecule has 3 rings (SSSR count). The van der Waals surface area contributed by atoms with Gasteiger partial charge in [-0.15, -0.1) is 0 Å². The summed E-state index contributed by atoms with van der Waals surface area (Å²) >= 11 is 0. The van der Waals surface area contributed by atoms with Gasteiger partial charge in [0, 0.05) is 11.1 Å². The van der Waals surface area contributed by atoms with E-state index < -0.39 is 85.0 Å². The number of hydrogen-bond donors (Lipinski definition) is 10. The summed E-state index contributed by atoms with van der Waals surface area (Å²) in [7, 11) is 0. The van der Waals surface area contributed by atoms with Crippen molar-refractivity contribution in [2.24, 2.45) is 0 Å². The van der Waals surface area contributed by atoms with E-state index >= 15 is 0 Å². The summed E-state index contributed by atoms with van der Waals surface area (Å²) in [6.45, 7) is 0. The van der Waals surface area contributed by atoms with Crippen molar-refractivity contribution in [1.29, 1.82) is 0 Å². The number of ether oxygens (including phenoxy) is 2. The zero-order valence-electron chi connectivity index (χ0n) is 18.1. The van der Waals surface area contributed by atoms with Crippen molar-refractivity contribution in [2.45, 2.75) is 61.3 Å². The zero-order valence-corrected chi connectivity index (χ0v) is 18.1. The maximum Gasteiger partial charge on any atom is 0.335 e. The summed E-state index contributed by atoms with van der Waals surface area (Å²) in [6.07, 6.45) is -18.6.